The van der Waals surface area contributed by atoms with Crippen LogP contribution in [-0.2, 0) is 10.2 Å². The number of fused-ring (bicyclic) bond motifs is 1. The molecule has 0 saturated heterocycles. The molecule has 19 heavy (non-hydrogen) atoms. The Bertz CT molecular complexity index is 490. The van der Waals surface area contributed by atoms with Gasteiger partial charge in [-0.2, -0.15) is 0 Å². The van der Waals surface area contributed by atoms with Crippen molar-refractivity contribution < 1.29 is 4.79 Å². The largest absolute Gasteiger partial charge is 0.311 e. The number of carbonyl (C=O) groups is 1. The molecule has 1 aromatic carbocycles. The zero-order valence-electron chi connectivity index (χ0n) is 12.0. The minimum Gasteiger partial charge on any atom is -0.311 e. The predicted octanol–water partition coefficient (Wildman–Crippen LogP) is 3.89. The first-order valence-electron chi connectivity index (χ1n) is 7.48. The number of hydrogen-bond acceptors (Lipinski definition) is 1. The number of amides is 1. The number of benzene rings is 1. The molecule has 3 rings (SSSR count). The fourth-order valence-electron chi connectivity index (χ4n) is 4.05. The topological polar surface area (TPSA) is 20.3 Å². The maximum absolute atomic E-state index is 11.9. The predicted molar refractivity (Wildman–Crippen MR) is 78.4 cm³/mol. The molecule has 1 aliphatic carbocycles. The molecule has 1 saturated carbocycles. The quantitative estimate of drug-likeness (QED) is 0.787. The Morgan fingerprint density at radius 1 is 1.32 bits per heavy atom. The molecule has 0 spiro atoms. The third kappa shape index (κ3) is 2.18. The van der Waals surface area contributed by atoms with E-state index in [0.717, 1.165) is 18.2 Å². The number of hydrogen-bond donors (Lipinski definition) is 0. The van der Waals surface area contributed by atoms with E-state index in [9.17, 15) is 4.79 Å². The van der Waals surface area contributed by atoms with Crippen LogP contribution in [0.4, 0.5) is 5.69 Å². The van der Waals surface area contributed by atoms with Gasteiger partial charge in [-0.1, -0.05) is 50.8 Å². The van der Waals surface area contributed by atoms with Gasteiger partial charge in [0.05, 0.1) is 0 Å². The molecule has 2 nitrogen and oxygen atoms in total. The van der Waals surface area contributed by atoms with Gasteiger partial charge < -0.3 is 4.90 Å². The Kier molecular flexibility index (Phi) is 3.12. The first-order chi connectivity index (χ1) is 9.10. The molecule has 0 aromatic heterocycles. The van der Waals surface area contributed by atoms with Crippen LogP contribution in [0.5, 0.6) is 0 Å². The number of rotatable bonds is 2. The molecule has 1 amide bonds. The van der Waals surface area contributed by atoms with Crippen LogP contribution in [0, 0.1) is 5.92 Å². The molecule has 0 N–H and O–H groups in total. The van der Waals surface area contributed by atoms with Crippen LogP contribution in [0.1, 0.15) is 51.5 Å². The standard InChI is InChI=1S/C17H23NO/c1-13(19)18-12-17(2,11-14-7-3-4-8-14)15-9-5-6-10-16(15)18/h5-6,9-10,14H,3-4,7-8,11-12H2,1-2H3. The summed E-state index contributed by atoms with van der Waals surface area (Å²) in [5.74, 6) is 1.02. The van der Waals surface area contributed by atoms with Crippen molar-refractivity contribution in [1.82, 2.24) is 0 Å². The molecular formula is C17H23NO. The molecule has 1 atom stereocenters. The summed E-state index contributed by atoms with van der Waals surface area (Å²) in [6.07, 6.45) is 6.75. The highest BCUT2D eigenvalue weighted by atomic mass is 16.2. The summed E-state index contributed by atoms with van der Waals surface area (Å²) in [4.78, 5) is 13.8. The van der Waals surface area contributed by atoms with Crippen molar-refractivity contribution in [3.8, 4) is 0 Å². The summed E-state index contributed by atoms with van der Waals surface area (Å²) in [7, 11) is 0. The minimum absolute atomic E-state index is 0.150. The SMILES string of the molecule is CC(=O)N1CC(C)(CC2CCCC2)c2ccccc21. The van der Waals surface area contributed by atoms with Crippen LogP contribution in [0.25, 0.3) is 0 Å². The first kappa shape index (κ1) is 12.7. The molecule has 1 aromatic rings. The Labute approximate surface area is 115 Å². The smallest absolute Gasteiger partial charge is 0.223 e. The van der Waals surface area contributed by atoms with Gasteiger partial charge in [0.25, 0.3) is 0 Å². The van der Waals surface area contributed by atoms with E-state index in [0.29, 0.717) is 0 Å². The molecular weight excluding hydrogens is 234 g/mol. The van der Waals surface area contributed by atoms with E-state index < -0.39 is 0 Å². The van der Waals surface area contributed by atoms with Crippen LogP contribution in [-0.4, -0.2) is 12.5 Å². The molecule has 102 valence electrons. The monoisotopic (exact) mass is 257 g/mol. The summed E-state index contributed by atoms with van der Waals surface area (Å²) in [5, 5.41) is 0. The Hall–Kier alpha value is -1.31. The van der Waals surface area contributed by atoms with Gasteiger partial charge >= 0.3 is 0 Å². The van der Waals surface area contributed by atoms with Crippen LogP contribution < -0.4 is 4.90 Å². The zero-order valence-corrected chi connectivity index (χ0v) is 12.0. The maximum Gasteiger partial charge on any atom is 0.223 e. The Balaban J connectivity index is 1.92. The molecule has 2 heteroatoms. The lowest BCUT2D eigenvalue weighted by molar-refractivity contribution is -0.116. The van der Waals surface area contributed by atoms with Crippen LogP contribution in [0.2, 0.25) is 0 Å². The van der Waals surface area contributed by atoms with Gasteiger partial charge in [0.2, 0.25) is 5.91 Å². The second-order valence-corrected chi connectivity index (χ2v) is 6.54. The molecule has 1 aliphatic heterocycles. The summed E-state index contributed by atoms with van der Waals surface area (Å²) in [6.45, 7) is 4.88. The number of para-hydroxylation sites is 1. The van der Waals surface area contributed by atoms with Gasteiger partial charge in [0.1, 0.15) is 0 Å². The normalized spacial score (nSPS) is 26.7. The summed E-state index contributed by atoms with van der Waals surface area (Å²) < 4.78 is 0. The Morgan fingerprint density at radius 3 is 2.68 bits per heavy atom. The minimum atomic E-state index is 0.150. The molecule has 2 aliphatic rings. The van der Waals surface area contributed by atoms with Gasteiger partial charge in [-0.3, -0.25) is 4.79 Å². The molecule has 0 radical (unpaired) electrons. The lowest BCUT2D eigenvalue weighted by Crippen LogP contribution is -2.35. The first-order valence-corrected chi connectivity index (χ1v) is 7.48. The Morgan fingerprint density at radius 2 is 2.00 bits per heavy atom. The van der Waals surface area contributed by atoms with E-state index in [1.54, 1.807) is 6.92 Å². The van der Waals surface area contributed by atoms with Gasteiger partial charge in [-0.05, 0) is 24.0 Å². The third-order valence-corrected chi connectivity index (χ3v) is 4.95. The lowest BCUT2D eigenvalue weighted by Gasteiger charge is -2.28. The van der Waals surface area contributed by atoms with E-state index in [4.69, 9.17) is 0 Å². The van der Waals surface area contributed by atoms with Gasteiger partial charge in [0, 0.05) is 24.6 Å². The van der Waals surface area contributed by atoms with E-state index in [1.165, 1.54) is 37.7 Å². The van der Waals surface area contributed by atoms with Crippen LogP contribution >= 0.6 is 0 Å². The van der Waals surface area contributed by atoms with Crippen molar-refractivity contribution in [2.75, 3.05) is 11.4 Å². The second-order valence-electron chi connectivity index (χ2n) is 6.54. The van der Waals surface area contributed by atoms with Gasteiger partial charge in [-0.15, -0.1) is 0 Å². The number of carbonyl (C=O) groups excluding carboxylic acids is 1. The van der Waals surface area contributed by atoms with Gasteiger partial charge in [0.15, 0.2) is 0 Å². The molecule has 1 fully saturated rings. The van der Waals surface area contributed by atoms with Crippen molar-refractivity contribution in [3.05, 3.63) is 29.8 Å². The number of anilines is 1. The number of nitrogens with zero attached hydrogens (tertiary/aromatic N) is 1. The zero-order chi connectivity index (χ0) is 13.5. The van der Waals surface area contributed by atoms with E-state index in [1.807, 2.05) is 11.0 Å². The highest BCUT2D eigenvalue weighted by Crippen LogP contribution is 2.46. The van der Waals surface area contributed by atoms with Crippen molar-refractivity contribution in [2.45, 2.75) is 51.4 Å². The van der Waals surface area contributed by atoms with Crippen molar-refractivity contribution >= 4 is 11.6 Å². The van der Waals surface area contributed by atoms with E-state index in [-0.39, 0.29) is 11.3 Å². The highest BCUT2D eigenvalue weighted by molar-refractivity contribution is 5.94. The molecule has 0 bridgehead atoms. The maximum atomic E-state index is 11.9. The van der Waals surface area contributed by atoms with Crippen molar-refractivity contribution in [3.63, 3.8) is 0 Å². The van der Waals surface area contributed by atoms with Gasteiger partial charge in [-0.25, -0.2) is 0 Å². The van der Waals surface area contributed by atoms with Crippen molar-refractivity contribution in [1.29, 1.82) is 0 Å². The summed E-state index contributed by atoms with van der Waals surface area (Å²) in [6, 6.07) is 8.45. The fraction of sp³-hybridized carbons (Fsp3) is 0.588. The average molecular weight is 257 g/mol. The van der Waals surface area contributed by atoms with Crippen LogP contribution in [0.15, 0.2) is 24.3 Å². The van der Waals surface area contributed by atoms with E-state index in [2.05, 4.69) is 25.1 Å². The average Bonchev–Trinajstić information content (AvgIpc) is 2.97. The molecule has 1 unspecified atom stereocenters. The second kappa shape index (κ2) is 4.66. The third-order valence-electron chi connectivity index (χ3n) is 4.95. The summed E-state index contributed by atoms with van der Waals surface area (Å²) >= 11 is 0. The van der Waals surface area contributed by atoms with Crippen molar-refractivity contribution in [2.24, 2.45) is 5.92 Å². The fourth-order valence-corrected chi connectivity index (χ4v) is 4.05. The summed E-state index contributed by atoms with van der Waals surface area (Å²) in [5.41, 5.74) is 2.66. The highest BCUT2D eigenvalue weighted by Gasteiger charge is 2.41. The van der Waals surface area contributed by atoms with Crippen LogP contribution in [0.3, 0.4) is 0 Å². The molecule has 1 heterocycles. The van der Waals surface area contributed by atoms with E-state index >= 15 is 0 Å². The lowest BCUT2D eigenvalue weighted by atomic mass is 9.76.